The zero-order valence-electron chi connectivity index (χ0n) is 26.7. The third-order valence-electron chi connectivity index (χ3n) is 6.91. The minimum absolute atomic E-state index is 0.157. The Morgan fingerprint density at radius 2 is 1.17 bits per heavy atom. The van der Waals surface area contributed by atoms with Crippen LogP contribution in [0.1, 0.15) is 30.1 Å². The van der Waals surface area contributed by atoms with E-state index in [0.717, 1.165) is 49.8 Å². The van der Waals surface area contributed by atoms with E-state index in [1.807, 2.05) is 48.5 Å². The van der Waals surface area contributed by atoms with Crippen molar-refractivity contribution in [1.29, 1.82) is 0 Å². The predicted octanol–water partition coefficient (Wildman–Crippen LogP) is 6.59. The van der Waals surface area contributed by atoms with Crippen molar-refractivity contribution < 1.29 is 42.7 Å². The molecule has 0 spiro atoms. The molecular weight excluding hydrogens is 592 g/mol. The Balaban J connectivity index is 0.954. The molecule has 0 atom stereocenters. The molecule has 11 nitrogen and oxygen atoms in total. The molecule has 0 N–H and O–H groups in total. The molecule has 0 saturated carbocycles. The van der Waals surface area contributed by atoms with E-state index in [1.165, 1.54) is 0 Å². The van der Waals surface area contributed by atoms with Gasteiger partial charge in [0.2, 0.25) is 0 Å². The number of nitrogens with zero attached hydrogens (tertiary/aromatic N) is 2. The lowest BCUT2D eigenvalue weighted by Gasteiger charge is -2.37. The molecule has 1 aliphatic heterocycles. The molecule has 1 fully saturated rings. The number of azo groups is 1. The van der Waals surface area contributed by atoms with E-state index < -0.39 is 5.97 Å². The lowest BCUT2D eigenvalue weighted by Crippen LogP contribution is -2.43. The van der Waals surface area contributed by atoms with Crippen molar-refractivity contribution >= 4 is 17.3 Å². The van der Waals surface area contributed by atoms with Crippen molar-refractivity contribution in [2.45, 2.75) is 19.8 Å². The van der Waals surface area contributed by atoms with Gasteiger partial charge in [-0.25, -0.2) is 4.79 Å². The second-order valence-electron chi connectivity index (χ2n) is 11.0. The fraction of sp³-hybridized carbons (Fsp3) is 0.457. The maximum absolute atomic E-state index is 12.3. The fourth-order valence-electron chi connectivity index (χ4n) is 4.23. The van der Waals surface area contributed by atoms with E-state index in [1.54, 1.807) is 31.4 Å². The number of ether oxygens (including phenoxy) is 8. The summed E-state index contributed by atoms with van der Waals surface area (Å²) in [5.41, 5.74) is 2.11. The summed E-state index contributed by atoms with van der Waals surface area (Å²) in [6.07, 6.45) is 1.83. The zero-order valence-corrected chi connectivity index (χ0v) is 26.7. The molecule has 1 heterocycles. The van der Waals surface area contributed by atoms with E-state index in [9.17, 15) is 4.79 Å². The Bertz CT molecular complexity index is 1310. The van der Waals surface area contributed by atoms with Crippen LogP contribution in [0.2, 0.25) is 0 Å². The van der Waals surface area contributed by atoms with Gasteiger partial charge in [-0.2, -0.15) is 10.2 Å². The predicted molar refractivity (Wildman–Crippen MR) is 172 cm³/mol. The standard InChI is InChI=1S/C35H44N2O9/c1-35(26-43-27-35)25-42-17-3-4-18-44-32-11-5-28(6-12-32)34(38)46-24-22-41-20-19-40-21-23-45-33-15-9-30(10-16-33)37-36-29-7-13-31(39-2)14-8-29/h5-16H,3-4,17-27H2,1-2H3. The van der Waals surface area contributed by atoms with Gasteiger partial charge in [0.05, 0.1) is 76.9 Å². The van der Waals surface area contributed by atoms with Crippen LogP contribution in [0.15, 0.2) is 83.0 Å². The maximum Gasteiger partial charge on any atom is 0.338 e. The summed E-state index contributed by atoms with van der Waals surface area (Å²) in [6, 6.07) is 21.6. The molecule has 3 aromatic carbocycles. The van der Waals surface area contributed by atoms with Gasteiger partial charge < -0.3 is 37.9 Å². The summed E-state index contributed by atoms with van der Waals surface area (Å²) >= 11 is 0. The van der Waals surface area contributed by atoms with Gasteiger partial charge in [0.15, 0.2) is 0 Å². The lowest BCUT2D eigenvalue weighted by atomic mass is 9.90. The van der Waals surface area contributed by atoms with Gasteiger partial charge in [-0.1, -0.05) is 6.92 Å². The van der Waals surface area contributed by atoms with Gasteiger partial charge in [0.1, 0.15) is 30.5 Å². The normalized spacial score (nSPS) is 13.7. The first-order chi connectivity index (χ1) is 22.5. The fourth-order valence-corrected chi connectivity index (χ4v) is 4.23. The van der Waals surface area contributed by atoms with Crippen LogP contribution >= 0.6 is 0 Å². The summed E-state index contributed by atoms with van der Waals surface area (Å²) < 4.78 is 43.9. The van der Waals surface area contributed by atoms with Gasteiger partial charge in [-0.3, -0.25) is 0 Å². The van der Waals surface area contributed by atoms with Crippen LogP contribution in [0.5, 0.6) is 17.2 Å². The summed E-state index contributed by atoms with van der Waals surface area (Å²) in [5, 5.41) is 8.45. The molecule has 11 heteroatoms. The minimum Gasteiger partial charge on any atom is -0.497 e. The first kappa shape index (κ1) is 34.8. The highest BCUT2D eigenvalue weighted by molar-refractivity contribution is 5.89. The van der Waals surface area contributed by atoms with Crippen molar-refractivity contribution in [2.24, 2.45) is 15.6 Å². The summed E-state index contributed by atoms with van der Waals surface area (Å²) in [4.78, 5) is 12.3. The smallest absolute Gasteiger partial charge is 0.338 e. The third-order valence-corrected chi connectivity index (χ3v) is 6.91. The number of carbonyl (C=O) groups is 1. The number of benzene rings is 3. The van der Waals surface area contributed by atoms with Gasteiger partial charge in [0, 0.05) is 12.0 Å². The molecular formula is C35H44N2O9. The van der Waals surface area contributed by atoms with Crippen LogP contribution in [0, 0.1) is 5.41 Å². The lowest BCUT2D eigenvalue weighted by molar-refractivity contribution is -0.138. The number of unbranched alkanes of at least 4 members (excludes halogenated alkanes) is 1. The molecule has 0 aromatic heterocycles. The number of methoxy groups -OCH3 is 1. The number of hydrogen-bond acceptors (Lipinski definition) is 11. The molecule has 248 valence electrons. The Labute approximate surface area is 270 Å². The van der Waals surface area contributed by atoms with E-state index in [2.05, 4.69) is 17.2 Å². The molecule has 1 aliphatic rings. The minimum atomic E-state index is -0.403. The summed E-state index contributed by atoms with van der Waals surface area (Å²) in [5.74, 6) is 1.80. The Morgan fingerprint density at radius 3 is 1.76 bits per heavy atom. The van der Waals surface area contributed by atoms with E-state index in [-0.39, 0.29) is 18.6 Å². The van der Waals surface area contributed by atoms with Crippen LogP contribution in [-0.4, -0.2) is 85.8 Å². The largest absolute Gasteiger partial charge is 0.497 e. The quantitative estimate of drug-likeness (QED) is 0.0684. The maximum atomic E-state index is 12.3. The van der Waals surface area contributed by atoms with E-state index >= 15 is 0 Å². The van der Waals surface area contributed by atoms with Gasteiger partial charge in [0.25, 0.3) is 0 Å². The van der Waals surface area contributed by atoms with E-state index in [0.29, 0.717) is 56.7 Å². The highest BCUT2D eigenvalue weighted by Gasteiger charge is 2.33. The first-order valence-electron chi connectivity index (χ1n) is 15.5. The zero-order chi connectivity index (χ0) is 32.3. The second-order valence-corrected chi connectivity index (χ2v) is 11.0. The Kier molecular flexibility index (Phi) is 14.8. The van der Waals surface area contributed by atoms with Crippen LogP contribution in [0.4, 0.5) is 11.4 Å². The number of hydrogen-bond donors (Lipinski definition) is 0. The number of carbonyl (C=O) groups excluding carboxylic acids is 1. The van der Waals surface area contributed by atoms with E-state index in [4.69, 9.17) is 37.9 Å². The van der Waals surface area contributed by atoms with Crippen LogP contribution in [-0.2, 0) is 23.7 Å². The van der Waals surface area contributed by atoms with Gasteiger partial charge in [-0.05, 0) is 85.6 Å². The highest BCUT2D eigenvalue weighted by Crippen LogP contribution is 2.26. The molecule has 0 amide bonds. The third kappa shape index (κ3) is 12.8. The summed E-state index contributed by atoms with van der Waals surface area (Å²) in [6.45, 7) is 7.84. The molecule has 0 unspecified atom stereocenters. The highest BCUT2D eigenvalue weighted by atomic mass is 16.6. The topological polar surface area (TPSA) is 116 Å². The average Bonchev–Trinajstić information content (AvgIpc) is 3.07. The molecule has 46 heavy (non-hydrogen) atoms. The first-order valence-corrected chi connectivity index (χ1v) is 15.5. The van der Waals surface area contributed by atoms with Gasteiger partial charge >= 0.3 is 5.97 Å². The van der Waals surface area contributed by atoms with Crippen molar-refractivity contribution in [3.8, 4) is 17.2 Å². The Hall–Kier alpha value is -4.03. The average molecular weight is 637 g/mol. The SMILES string of the molecule is COc1ccc(N=Nc2ccc(OCCOCCOCCOC(=O)c3ccc(OCCCCOCC4(C)COC4)cc3)cc2)cc1. The summed E-state index contributed by atoms with van der Waals surface area (Å²) in [7, 11) is 1.62. The number of esters is 1. The van der Waals surface area contributed by atoms with Crippen LogP contribution < -0.4 is 14.2 Å². The van der Waals surface area contributed by atoms with Crippen molar-refractivity contribution in [3.05, 3.63) is 78.4 Å². The number of rotatable bonds is 22. The van der Waals surface area contributed by atoms with Gasteiger partial charge in [-0.15, -0.1) is 0 Å². The molecule has 1 saturated heterocycles. The molecule has 0 bridgehead atoms. The molecule has 3 aromatic rings. The van der Waals surface area contributed by atoms with Crippen LogP contribution in [0.25, 0.3) is 0 Å². The second kappa shape index (κ2) is 19.5. The molecule has 4 rings (SSSR count). The van der Waals surface area contributed by atoms with Crippen molar-refractivity contribution in [2.75, 3.05) is 79.8 Å². The van der Waals surface area contributed by atoms with Crippen LogP contribution in [0.3, 0.4) is 0 Å². The molecule has 0 radical (unpaired) electrons. The Morgan fingerprint density at radius 1 is 0.652 bits per heavy atom. The molecule has 0 aliphatic carbocycles. The monoisotopic (exact) mass is 636 g/mol. The van der Waals surface area contributed by atoms with Crippen molar-refractivity contribution in [3.63, 3.8) is 0 Å². The van der Waals surface area contributed by atoms with Crippen molar-refractivity contribution in [1.82, 2.24) is 0 Å².